The summed E-state index contributed by atoms with van der Waals surface area (Å²) in [4.78, 5) is 22.4. The van der Waals surface area contributed by atoms with Crippen LogP contribution in [0.15, 0.2) is 11.1 Å². The minimum atomic E-state index is -1.12. The SMILES string of the molecule is CCC1(/C(C(=O)O)=C(\C)C(=O)O)CCCCC1. The zero-order valence-electron chi connectivity index (χ0n) is 10.5. The first-order chi connectivity index (χ1) is 7.94. The van der Waals surface area contributed by atoms with Gasteiger partial charge in [0.05, 0.1) is 5.57 Å². The van der Waals surface area contributed by atoms with Crippen LogP contribution in [0.1, 0.15) is 52.4 Å². The largest absolute Gasteiger partial charge is 0.478 e. The third-order valence-electron chi connectivity index (χ3n) is 3.93. The fourth-order valence-electron chi connectivity index (χ4n) is 2.90. The van der Waals surface area contributed by atoms with Gasteiger partial charge in [0.15, 0.2) is 0 Å². The molecule has 0 aromatic carbocycles. The van der Waals surface area contributed by atoms with Gasteiger partial charge in [0, 0.05) is 11.0 Å². The minimum absolute atomic E-state index is 0.0127. The summed E-state index contributed by atoms with van der Waals surface area (Å²) >= 11 is 0. The van der Waals surface area contributed by atoms with Gasteiger partial charge in [0.25, 0.3) is 0 Å². The van der Waals surface area contributed by atoms with E-state index in [0.29, 0.717) is 6.42 Å². The predicted molar refractivity (Wildman–Crippen MR) is 63.8 cm³/mol. The van der Waals surface area contributed by atoms with Gasteiger partial charge in [0.1, 0.15) is 0 Å². The van der Waals surface area contributed by atoms with Crippen LogP contribution in [0.25, 0.3) is 0 Å². The molecule has 0 unspecified atom stereocenters. The second-order valence-electron chi connectivity index (χ2n) is 4.80. The van der Waals surface area contributed by atoms with Crippen LogP contribution in [-0.2, 0) is 9.59 Å². The first-order valence-electron chi connectivity index (χ1n) is 6.12. The molecule has 0 spiro atoms. The van der Waals surface area contributed by atoms with Crippen molar-refractivity contribution >= 4 is 11.9 Å². The quantitative estimate of drug-likeness (QED) is 0.741. The monoisotopic (exact) mass is 240 g/mol. The van der Waals surface area contributed by atoms with Crippen molar-refractivity contribution in [3.63, 3.8) is 0 Å². The molecule has 0 aliphatic heterocycles. The summed E-state index contributed by atoms with van der Waals surface area (Å²) < 4.78 is 0. The molecule has 1 aliphatic carbocycles. The number of rotatable bonds is 4. The van der Waals surface area contributed by atoms with Gasteiger partial charge in [-0.1, -0.05) is 26.2 Å². The number of aliphatic carboxylic acids is 2. The lowest BCUT2D eigenvalue weighted by atomic mass is 9.66. The van der Waals surface area contributed by atoms with Crippen molar-refractivity contribution in [2.45, 2.75) is 52.4 Å². The Kier molecular flexibility index (Phi) is 4.32. The Morgan fingerprint density at radius 3 is 1.94 bits per heavy atom. The summed E-state index contributed by atoms with van der Waals surface area (Å²) in [6.45, 7) is 3.35. The van der Waals surface area contributed by atoms with E-state index in [1.54, 1.807) is 0 Å². The topological polar surface area (TPSA) is 74.6 Å². The van der Waals surface area contributed by atoms with E-state index in [1.165, 1.54) is 6.92 Å². The van der Waals surface area contributed by atoms with E-state index in [-0.39, 0.29) is 11.1 Å². The molecule has 17 heavy (non-hydrogen) atoms. The summed E-state index contributed by atoms with van der Waals surface area (Å²) in [7, 11) is 0. The van der Waals surface area contributed by atoms with E-state index in [1.807, 2.05) is 6.92 Å². The van der Waals surface area contributed by atoms with Crippen molar-refractivity contribution in [2.75, 3.05) is 0 Å². The highest BCUT2D eigenvalue weighted by Gasteiger charge is 2.39. The third-order valence-corrected chi connectivity index (χ3v) is 3.93. The second-order valence-corrected chi connectivity index (χ2v) is 4.80. The average Bonchev–Trinajstić information content (AvgIpc) is 2.29. The normalized spacial score (nSPS) is 20.6. The Morgan fingerprint density at radius 2 is 1.59 bits per heavy atom. The molecule has 0 aromatic rings. The van der Waals surface area contributed by atoms with Crippen molar-refractivity contribution in [3.05, 3.63) is 11.1 Å². The molecule has 0 bridgehead atoms. The Labute approximate surface area is 101 Å². The van der Waals surface area contributed by atoms with E-state index in [0.717, 1.165) is 32.1 Å². The highest BCUT2D eigenvalue weighted by Crippen LogP contribution is 2.46. The molecule has 1 fully saturated rings. The van der Waals surface area contributed by atoms with Gasteiger partial charge in [-0.15, -0.1) is 0 Å². The molecule has 1 aliphatic rings. The highest BCUT2D eigenvalue weighted by atomic mass is 16.4. The summed E-state index contributed by atoms with van der Waals surface area (Å²) in [6.07, 6.45) is 5.35. The predicted octanol–water partition coefficient (Wildman–Crippen LogP) is 2.83. The van der Waals surface area contributed by atoms with E-state index in [4.69, 9.17) is 5.11 Å². The Balaban J connectivity index is 3.25. The van der Waals surface area contributed by atoms with Crippen LogP contribution in [0.2, 0.25) is 0 Å². The Hall–Kier alpha value is -1.32. The standard InChI is InChI=1S/C13H20O4/c1-3-13(7-5-4-6-8-13)10(12(16)17)9(2)11(14)15/h3-8H2,1-2H3,(H,14,15)(H,16,17)/b10-9+. The van der Waals surface area contributed by atoms with Crippen molar-refractivity contribution < 1.29 is 19.8 Å². The number of carboxylic acid groups (broad SMARTS) is 2. The zero-order chi connectivity index (χ0) is 13.1. The molecule has 0 amide bonds. The van der Waals surface area contributed by atoms with Crippen molar-refractivity contribution in [2.24, 2.45) is 5.41 Å². The molecule has 0 radical (unpaired) electrons. The maximum atomic E-state index is 11.4. The van der Waals surface area contributed by atoms with Crippen LogP contribution >= 0.6 is 0 Å². The highest BCUT2D eigenvalue weighted by molar-refractivity contribution is 5.99. The molecule has 0 heterocycles. The second kappa shape index (κ2) is 5.34. The lowest BCUT2D eigenvalue weighted by molar-refractivity contribution is -0.137. The first-order valence-corrected chi connectivity index (χ1v) is 6.12. The lowest BCUT2D eigenvalue weighted by Gasteiger charge is -2.37. The Morgan fingerprint density at radius 1 is 1.06 bits per heavy atom. The van der Waals surface area contributed by atoms with Crippen LogP contribution in [-0.4, -0.2) is 22.2 Å². The molecule has 96 valence electrons. The van der Waals surface area contributed by atoms with Crippen molar-refractivity contribution in [1.82, 2.24) is 0 Å². The molecule has 0 atom stereocenters. The van der Waals surface area contributed by atoms with Gasteiger partial charge in [-0.3, -0.25) is 0 Å². The van der Waals surface area contributed by atoms with Gasteiger partial charge in [-0.2, -0.15) is 0 Å². The van der Waals surface area contributed by atoms with Gasteiger partial charge in [0.2, 0.25) is 0 Å². The molecule has 0 saturated heterocycles. The molecular weight excluding hydrogens is 220 g/mol. The zero-order valence-corrected chi connectivity index (χ0v) is 10.5. The van der Waals surface area contributed by atoms with Crippen LogP contribution in [0.4, 0.5) is 0 Å². The van der Waals surface area contributed by atoms with Gasteiger partial charge in [-0.05, 0) is 26.2 Å². The maximum absolute atomic E-state index is 11.4. The Bertz CT molecular complexity index is 348. The third kappa shape index (κ3) is 2.68. The summed E-state index contributed by atoms with van der Waals surface area (Å²) in [5.74, 6) is -2.20. The molecule has 2 N–H and O–H groups in total. The van der Waals surface area contributed by atoms with Crippen LogP contribution in [0.3, 0.4) is 0 Å². The summed E-state index contributed by atoms with van der Waals surface area (Å²) in [5.41, 5.74) is -0.333. The summed E-state index contributed by atoms with van der Waals surface area (Å²) in [6, 6.07) is 0. The number of carbonyl (C=O) groups is 2. The van der Waals surface area contributed by atoms with E-state index >= 15 is 0 Å². The van der Waals surface area contributed by atoms with E-state index in [9.17, 15) is 14.7 Å². The fraction of sp³-hybridized carbons (Fsp3) is 0.692. The van der Waals surface area contributed by atoms with Gasteiger partial charge < -0.3 is 10.2 Å². The van der Waals surface area contributed by atoms with E-state index in [2.05, 4.69) is 0 Å². The fourth-order valence-corrected chi connectivity index (χ4v) is 2.90. The van der Waals surface area contributed by atoms with Crippen molar-refractivity contribution in [1.29, 1.82) is 0 Å². The first kappa shape index (κ1) is 13.7. The number of hydrogen-bond acceptors (Lipinski definition) is 2. The van der Waals surface area contributed by atoms with Gasteiger partial charge >= 0.3 is 11.9 Å². The van der Waals surface area contributed by atoms with Gasteiger partial charge in [-0.25, -0.2) is 9.59 Å². The maximum Gasteiger partial charge on any atom is 0.332 e. The molecular formula is C13H20O4. The number of hydrogen-bond donors (Lipinski definition) is 2. The average molecular weight is 240 g/mol. The smallest absolute Gasteiger partial charge is 0.332 e. The van der Waals surface area contributed by atoms with E-state index < -0.39 is 17.4 Å². The lowest BCUT2D eigenvalue weighted by Crippen LogP contribution is -2.32. The molecule has 1 saturated carbocycles. The molecule has 1 rings (SSSR count). The number of carboxylic acids is 2. The van der Waals surface area contributed by atoms with Crippen LogP contribution < -0.4 is 0 Å². The molecule has 4 nitrogen and oxygen atoms in total. The summed E-state index contributed by atoms with van der Waals surface area (Å²) in [5, 5.41) is 18.3. The van der Waals surface area contributed by atoms with Crippen LogP contribution in [0, 0.1) is 5.41 Å². The van der Waals surface area contributed by atoms with Crippen molar-refractivity contribution in [3.8, 4) is 0 Å². The molecule has 0 aromatic heterocycles. The molecule has 4 heteroatoms. The minimum Gasteiger partial charge on any atom is -0.478 e. The van der Waals surface area contributed by atoms with Crippen LogP contribution in [0.5, 0.6) is 0 Å².